The van der Waals surface area contributed by atoms with Crippen LogP contribution in [0.2, 0.25) is 0 Å². The summed E-state index contributed by atoms with van der Waals surface area (Å²) < 4.78 is 5.12. The minimum atomic E-state index is -0.776. The molecule has 152 valence electrons. The van der Waals surface area contributed by atoms with Crippen molar-refractivity contribution in [2.45, 2.75) is 25.3 Å². The van der Waals surface area contributed by atoms with Gasteiger partial charge in [-0.1, -0.05) is 24.3 Å². The maximum Gasteiger partial charge on any atom is 0.338 e. The van der Waals surface area contributed by atoms with Gasteiger partial charge in [-0.3, -0.25) is 14.9 Å². The number of aryl methyl sites for hydroxylation is 1. The van der Waals surface area contributed by atoms with Crippen LogP contribution in [0.3, 0.4) is 0 Å². The van der Waals surface area contributed by atoms with E-state index in [-0.39, 0.29) is 23.2 Å². The number of nitro benzene ring substituents is 1. The van der Waals surface area contributed by atoms with Crippen molar-refractivity contribution in [2.24, 2.45) is 0 Å². The van der Waals surface area contributed by atoms with Gasteiger partial charge in [0.1, 0.15) is 5.69 Å². The molecule has 29 heavy (non-hydrogen) atoms. The molecule has 8 nitrogen and oxygen atoms in total. The Hall–Kier alpha value is -3.42. The zero-order valence-electron chi connectivity index (χ0n) is 16.4. The Morgan fingerprint density at radius 3 is 2.76 bits per heavy atom. The molecule has 3 rings (SSSR count). The van der Waals surface area contributed by atoms with Crippen molar-refractivity contribution in [2.75, 3.05) is 26.0 Å². The summed E-state index contributed by atoms with van der Waals surface area (Å²) in [6.07, 6.45) is 2.83. The Morgan fingerprint density at radius 2 is 2.03 bits per heavy atom. The lowest BCUT2D eigenvalue weighted by Gasteiger charge is -2.33. The molecule has 1 aliphatic carbocycles. The number of hydrogen-bond donors (Lipinski definition) is 1. The number of fused-ring (bicyclic) bond motifs is 1. The molecule has 0 bridgehead atoms. The highest BCUT2D eigenvalue weighted by atomic mass is 16.6. The van der Waals surface area contributed by atoms with Gasteiger partial charge in [0, 0.05) is 20.2 Å². The third-order valence-electron chi connectivity index (χ3n) is 5.22. The van der Waals surface area contributed by atoms with Gasteiger partial charge >= 0.3 is 5.97 Å². The standard InChI is InChI=1S/C21H23N3O5/c1-22-17-11-10-15(12-19(17)24(27)28)21(26)29-13-20(25)23(2)18-9-5-7-14-6-3-4-8-16(14)18/h3-4,6,8,10-12,18,22H,5,7,9,13H2,1-2H3/t18-/m1/s1. The lowest BCUT2D eigenvalue weighted by molar-refractivity contribution is -0.384. The molecule has 0 saturated carbocycles. The van der Waals surface area contributed by atoms with E-state index in [1.807, 2.05) is 18.2 Å². The molecule has 2 aromatic carbocycles. The van der Waals surface area contributed by atoms with Gasteiger partial charge in [0.2, 0.25) is 0 Å². The van der Waals surface area contributed by atoms with Gasteiger partial charge in [-0.05, 0) is 42.5 Å². The lowest BCUT2D eigenvalue weighted by atomic mass is 9.87. The maximum absolute atomic E-state index is 12.6. The van der Waals surface area contributed by atoms with Crippen molar-refractivity contribution in [3.05, 3.63) is 69.3 Å². The van der Waals surface area contributed by atoms with Crippen LogP contribution in [0.5, 0.6) is 0 Å². The van der Waals surface area contributed by atoms with Gasteiger partial charge in [-0.2, -0.15) is 0 Å². The average Bonchev–Trinajstić information content (AvgIpc) is 2.75. The number of benzene rings is 2. The van der Waals surface area contributed by atoms with E-state index in [0.29, 0.717) is 5.69 Å². The number of hydrogen-bond acceptors (Lipinski definition) is 6. The molecule has 0 saturated heterocycles. The zero-order valence-corrected chi connectivity index (χ0v) is 16.4. The predicted octanol–water partition coefficient (Wildman–Crippen LogP) is 3.33. The van der Waals surface area contributed by atoms with Gasteiger partial charge in [0.15, 0.2) is 6.61 Å². The Labute approximate surface area is 168 Å². The Balaban J connectivity index is 1.66. The number of likely N-dealkylation sites (N-methyl/N-ethyl adjacent to an activating group) is 1. The summed E-state index contributed by atoms with van der Waals surface area (Å²) in [5, 5.41) is 13.8. The second-order valence-corrected chi connectivity index (χ2v) is 6.93. The van der Waals surface area contributed by atoms with Gasteiger partial charge in [-0.15, -0.1) is 0 Å². The second kappa shape index (κ2) is 8.72. The molecule has 0 aromatic heterocycles. The summed E-state index contributed by atoms with van der Waals surface area (Å²) in [6.45, 7) is -0.421. The molecule has 1 amide bonds. The van der Waals surface area contributed by atoms with Crippen molar-refractivity contribution in [3.63, 3.8) is 0 Å². The molecule has 0 unspecified atom stereocenters. The van der Waals surface area contributed by atoms with Gasteiger partial charge in [0.25, 0.3) is 11.6 Å². The first kappa shape index (κ1) is 20.3. The first-order chi connectivity index (χ1) is 13.9. The molecule has 1 aliphatic rings. The van der Waals surface area contributed by atoms with Crippen LogP contribution in [0.25, 0.3) is 0 Å². The van der Waals surface area contributed by atoms with Gasteiger partial charge < -0.3 is 15.0 Å². The number of nitro groups is 1. The van der Waals surface area contributed by atoms with Crippen LogP contribution >= 0.6 is 0 Å². The number of ether oxygens (including phenoxy) is 1. The number of rotatable bonds is 6. The number of carbonyl (C=O) groups excluding carboxylic acids is 2. The molecule has 1 N–H and O–H groups in total. The largest absolute Gasteiger partial charge is 0.452 e. The van der Waals surface area contributed by atoms with E-state index in [1.54, 1.807) is 19.0 Å². The molecule has 8 heteroatoms. The van der Waals surface area contributed by atoms with E-state index < -0.39 is 17.5 Å². The Morgan fingerprint density at radius 1 is 1.28 bits per heavy atom. The minimum absolute atomic E-state index is 0.0224. The number of carbonyl (C=O) groups is 2. The van der Waals surface area contributed by atoms with E-state index in [4.69, 9.17) is 4.74 Å². The van der Waals surface area contributed by atoms with Crippen LogP contribution < -0.4 is 5.32 Å². The summed E-state index contributed by atoms with van der Waals surface area (Å²) in [5.74, 6) is -1.09. The number of nitrogens with zero attached hydrogens (tertiary/aromatic N) is 2. The monoisotopic (exact) mass is 397 g/mol. The van der Waals surface area contributed by atoms with Crippen LogP contribution in [0.1, 0.15) is 40.4 Å². The molecular formula is C21H23N3O5. The van der Waals surface area contributed by atoms with E-state index in [0.717, 1.165) is 30.9 Å². The van der Waals surface area contributed by atoms with Gasteiger partial charge in [-0.25, -0.2) is 4.79 Å². The zero-order chi connectivity index (χ0) is 21.0. The normalized spacial score (nSPS) is 15.2. The molecule has 0 spiro atoms. The van der Waals surface area contributed by atoms with E-state index in [9.17, 15) is 19.7 Å². The Bertz CT molecular complexity index is 944. The highest BCUT2D eigenvalue weighted by molar-refractivity contribution is 5.93. The molecule has 0 fully saturated rings. The van der Waals surface area contributed by atoms with Crippen molar-refractivity contribution in [3.8, 4) is 0 Å². The first-order valence-electron chi connectivity index (χ1n) is 9.39. The van der Waals surface area contributed by atoms with E-state index >= 15 is 0 Å². The van der Waals surface area contributed by atoms with E-state index in [2.05, 4.69) is 11.4 Å². The first-order valence-corrected chi connectivity index (χ1v) is 9.39. The summed E-state index contributed by atoms with van der Waals surface area (Å²) >= 11 is 0. The summed E-state index contributed by atoms with van der Waals surface area (Å²) in [5.41, 5.74) is 2.44. The summed E-state index contributed by atoms with van der Waals surface area (Å²) in [4.78, 5) is 37.0. The summed E-state index contributed by atoms with van der Waals surface area (Å²) in [7, 11) is 3.26. The topological polar surface area (TPSA) is 102 Å². The van der Waals surface area contributed by atoms with Crippen LogP contribution in [-0.2, 0) is 16.0 Å². The summed E-state index contributed by atoms with van der Waals surface area (Å²) in [6, 6.07) is 12.0. The maximum atomic E-state index is 12.6. The molecule has 0 aliphatic heterocycles. The van der Waals surface area contributed by atoms with Crippen molar-refractivity contribution in [1.29, 1.82) is 0 Å². The predicted molar refractivity (Wildman–Crippen MR) is 108 cm³/mol. The average molecular weight is 397 g/mol. The molecule has 0 heterocycles. The van der Waals surface area contributed by atoms with Crippen LogP contribution in [-0.4, -0.2) is 42.4 Å². The van der Waals surface area contributed by atoms with Crippen LogP contribution in [0.15, 0.2) is 42.5 Å². The smallest absolute Gasteiger partial charge is 0.338 e. The second-order valence-electron chi connectivity index (χ2n) is 6.93. The van der Waals surface area contributed by atoms with Crippen LogP contribution in [0.4, 0.5) is 11.4 Å². The highest BCUT2D eigenvalue weighted by Crippen LogP contribution is 2.33. The van der Waals surface area contributed by atoms with E-state index in [1.165, 1.54) is 17.7 Å². The number of nitrogens with one attached hydrogen (secondary N) is 1. The number of anilines is 1. The van der Waals surface area contributed by atoms with Crippen molar-refractivity contribution < 1.29 is 19.2 Å². The fourth-order valence-electron chi connectivity index (χ4n) is 3.64. The number of esters is 1. The SMILES string of the molecule is CNc1ccc(C(=O)OCC(=O)N(C)[C@@H]2CCCc3ccccc32)cc1[N+](=O)[O-]. The fourth-order valence-corrected chi connectivity index (χ4v) is 3.64. The highest BCUT2D eigenvalue weighted by Gasteiger charge is 2.27. The van der Waals surface area contributed by atoms with Crippen LogP contribution in [0, 0.1) is 10.1 Å². The quantitative estimate of drug-likeness (QED) is 0.456. The third-order valence-corrected chi connectivity index (χ3v) is 5.22. The fraction of sp³-hybridized carbons (Fsp3) is 0.333. The third kappa shape index (κ3) is 4.37. The molecule has 0 radical (unpaired) electrons. The lowest BCUT2D eigenvalue weighted by Crippen LogP contribution is -2.36. The Kier molecular flexibility index (Phi) is 6.11. The minimum Gasteiger partial charge on any atom is -0.452 e. The van der Waals surface area contributed by atoms with Crippen molar-refractivity contribution >= 4 is 23.3 Å². The molecule has 2 aromatic rings. The molecule has 1 atom stereocenters. The number of amides is 1. The van der Waals surface area contributed by atoms with Gasteiger partial charge in [0.05, 0.1) is 16.5 Å². The molecular weight excluding hydrogens is 374 g/mol. The van der Waals surface area contributed by atoms with Crippen molar-refractivity contribution in [1.82, 2.24) is 4.90 Å².